The highest BCUT2D eigenvalue weighted by Crippen LogP contribution is 2.21. The number of esters is 1. The maximum absolute atomic E-state index is 11.5. The van der Waals surface area contributed by atoms with Crippen LogP contribution in [0.3, 0.4) is 0 Å². The van der Waals surface area contributed by atoms with Crippen LogP contribution < -0.4 is 0 Å². The smallest absolute Gasteiger partial charge is 0.323 e. The number of likely N-dealkylation sites (tertiary alicyclic amines) is 1. The number of hydrogen-bond donors (Lipinski definition) is 0. The molecule has 82 valence electrons. The second-order valence-electron chi connectivity index (χ2n) is 4.03. The summed E-state index contributed by atoms with van der Waals surface area (Å²) in [5, 5.41) is 0. The molecule has 1 saturated heterocycles. The van der Waals surface area contributed by atoms with Crippen molar-refractivity contribution in [3.05, 3.63) is 0 Å². The Morgan fingerprint density at radius 1 is 1.57 bits per heavy atom. The number of hydrogen-bond acceptors (Lipinski definition) is 3. The van der Waals surface area contributed by atoms with Crippen LogP contribution >= 0.6 is 0 Å². The molecule has 2 atom stereocenters. The Morgan fingerprint density at radius 2 is 2.29 bits per heavy atom. The van der Waals surface area contributed by atoms with Gasteiger partial charge >= 0.3 is 5.97 Å². The van der Waals surface area contributed by atoms with Crippen LogP contribution in [0.15, 0.2) is 0 Å². The van der Waals surface area contributed by atoms with E-state index in [4.69, 9.17) is 4.74 Å². The van der Waals surface area contributed by atoms with E-state index in [-0.39, 0.29) is 12.0 Å². The first-order valence-corrected chi connectivity index (χ1v) is 5.54. The van der Waals surface area contributed by atoms with Gasteiger partial charge in [-0.1, -0.05) is 13.3 Å². The molecule has 1 heterocycles. The van der Waals surface area contributed by atoms with Crippen molar-refractivity contribution >= 4 is 5.97 Å². The lowest BCUT2D eigenvalue weighted by molar-refractivity contribution is -0.148. The molecule has 3 nitrogen and oxygen atoms in total. The van der Waals surface area contributed by atoms with E-state index >= 15 is 0 Å². The second-order valence-corrected chi connectivity index (χ2v) is 4.03. The van der Waals surface area contributed by atoms with Crippen LogP contribution in [0.4, 0.5) is 0 Å². The highest BCUT2D eigenvalue weighted by Gasteiger charge is 2.30. The van der Waals surface area contributed by atoms with Crippen molar-refractivity contribution in [2.24, 2.45) is 0 Å². The molecule has 0 N–H and O–H groups in total. The number of ether oxygens (including phenoxy) is 1. The van der Waals surface area contributed by atoms with E-state index < -0.39 is 0 Å². The summed E-state index contributed by atoms with van der Waals surface area (Å²) in [7, 11) is 1.47. The molecule has 0 aromatic rings. The molecule has 0 aliphatic carbocycles. The molecule has 0 bridgehead atoms. The lowest BCUT2D eigenvalue weighted by Crippen LogP contribution is -2.48. The molecule has 0 saturated carbocycles. The van der Waals surface area contributed by atoms with Crippen molar-refractivity contribution in [2.45, 2.75) is 51.6 Å². The van der Waals surface area contributed by atoms with E-state index in [0.717, 1.165) is 13.0 Å². The fourth-order valence-corrected chi connectivity index (χ4v) is 2.26. The Bertz CT molecular complexity index is 194. The number of carbonyl (C=O) groups is 1. The number of methoxy groups -OCH3 is 1. The van der Waals surface area contributed by atoms with E-state index in [9.17, 15) is 4.79 Å². The average Bonchev–Trinajstić information content (AvgIpc) is 2.21. The number of carbonyl (C=O) groups excluding carboxylic acids is 1. The van der Waals surface area contributed by atoms with E-state index in [2.05, 4.69) is 11.8 Å². The summed E-state index contributed by atoms with van der Waals surface area (Å²) in [6.07, 6.45) is 4.54. The van der Waals surface area contributed by atoms with Gasteiger partial charge in [-0.3, -0.25) is 9.69 Å². The van der Waals surface area contributed by atoms with Gasteiger partial charge in [0.15, 0.2) is 0 Å². The molecule has 1 rings (SSSR count). The fraction of sp³-hybridized carbons (Fsp3) is 0.909. The summed E-state index contributed by atoms with van der Waals surface area (Å²) in [5.41, 5.74) is 0. The van der Waals surface area contributed by atoms with Gasteiger partial charge in [0.25, 0.3) is 0 Å². The summed E-state index contributed by atoms with van der Waals surface area (Å²) in [6, 6.07) is 0.489. The minimum Gasteiger partial charge on any atom is -0.468 e. The first-order chi connectivity index (χ1) is 6.70. The Hall–Kier alpha value is -0.570. The van der Waals surface area contributed by atoms with Gasteiger partial charge in [-0.2, -0.15) is 0 Å². The van der Waals surface area contributed by atoms with Crippen molar-refractivity contribution in [1.29, 1.82) is 0 Å². The lowest BCUT2D eigenvalue weighted by Gasteiger charge is -2.37. The third-order valence-electron chi connectivity index (χ3n) is 3.11. The zero-order chi connectivity index (χ0) is 10.6. The summed E-state index contributed by atoms with van der Waals surface area (Å²) < 4.78 is 4.82. The largest absolute Gasteiger partial charge is 0.468 e. The van der Waals surface area contributed by atoms with Crippen molar-refractivity contribution in [3.8, 4) is 0 Å². The van der Waals surface area contributed by atoms with Crippen LogP contribution in [-0.4, -0.2) is 36.6 Å². The van der Waals surface area contributed by atoms with E-state index in [0.29, 0.717) is 6.04 Å². The predicted molar refractivity (Wildman–Crippen MR) is 56.1 cm³/mol. The van der Waals surface area contributed by atoms with Gasteiger partial charge in [-0.25, -0.2) is 0 Å². The van der Waals surface area contributed by atoms with Crippen molar-refractivity contribution in [1.82, 2.24) is 4.90 Å². The lowest BCUT2D eigenvalue weighted by atomic mass is 10.00. The quantitative estimate of drug-likeness (QED) is 0.649. The average molecular weight is 199 g/mol. The molecule has 0 aromatic carbocycles. The molecule has 1 aliphatic rings. The Labute approximate surface area is 86.4 Å². The molecule has 14 heavy (non-hydrogen) atoms. The molecule has 0 amide bonds. The molecule has 1 aliphatic heterocycles. The van der Waals surface area contributed by atoms with E-state index in [1.807, 2.05) is 6.92 Å². The van der Waals surface area contributed by atoms with Crippen LogP contribution in [0, 0.1) is 0 Å². The summed E-state index contributed by atoms with van der Waals surface area (Å²) in [5.74, 6) is -0.0822. The van der Waals surface area contributed by atoms with Crippen LogP contribution in [0.25, 0.3) is 0 Å². The van der Waals surface area contributed by atoms with Crippen molar-refractivity contribution in [3.63, 3.8) is 0 Å². The van der Waals surface area contributed by atoms with Crippen LogP contribution in [0.2, 0.25) is 0 Å². The Kier molecular flexibility index (Phi) is 4.39. The van der Waals surface area contributed by atoms with Gasteiger partial charge in [-0.15, -0.1) is 0 Å². The molecule has 0 radical (unpaired) electrons. The molecule has 0 spiro atoms. The van der Waals surface area contributed by atoms with Gasteiger partial charge < -0.3 is 4.74 Å². The van der Waals surface area contributed by atoms with Crippen LogP contribution in [-0.2, 0) is 9.53 Å². The third kappa shape index (κ3) is 2.47. The number of piperidine rings is 1. The maximum atomic E-state index is 11.5. The highest BCUT2D eigenvalue weighted by molar-refractivity contribution is 5.75. The van der Waals surface area contributed by atoms with Gasteiger partial charge in [0, 0.05) is 6.04 Å². The monoisotopic (exact) mass is 199 g/mol. The van der Waals surface area contributed by atoms with Crippen molar-refractivity contribution in [2.75, 3.05) is 13.7 Å². The van der Waals surface area contributed by atoms with Crippen LogP contribution in [0.5, 0.6) is 0 Å². The van der Waals surface area contributed by atoms with Crippen LogP contribution in [0.1, 0.15) is 39.5 Å². The summed E-state index contributed by atoms with van der Waals surface area (Å²) in [4.78, 5) is 13.8. The predicted octanol–water partition coefficient (Wildman–Crippen LogP) is 1.81. The standard InChI is InChI=1S/C11H21NO2/c1-4-10(11(13)14-3)12-8-6-5-7-9(12)2/h9-10H,4-8H2,1-3H3/t9-,10+/m0/s1. The van der Waals surface area contributed by atoms with E-state index in [1.54, 1.807) is 0 Å². The van der Waals surface area contributed by atoms with Gasteiger partial charge in [0.05, 0.1) is 7.11 Å². The fourth-order valence-electron chi connectivity index (χ4n) is 2.26. The van der Waals surface area contributed by atoms with Gasteiger partial charge in [-0.05, 0) is 32.7 Å². The Morgan fingerprint density at radius 3 is 2.79 bits per heavy atom. The Balaban J connectivity index is 2.61. The number of nitrogens with zero attached hydrogens (tertiary/aromatic N) is 1. The SMILES string of the molecule is CC[C@H](C(=O)OC)N1CCCC[C@@H]1C. The van der Waals surface area contributed by atoms with Gasteiger partial charge in [0.2, 0.25) is 0 Å². The summed E-state index contributed by atoms with van der Waals surface area (Å²) >= 11 is 0. The maximum Gasteiger partial charge on any atom is 0.323 e. The second kappa shape index (κ2) is 5.35. The molecule has 0 aromatic heterocycles. The molecular formula is C11H21NO2. The number of rotatable bonds is 3. The van der Waals surface area contributed by atoms with Gasteiger partial charge in [0.1, 0.15) is 6.04 Å². The first-order valence-electron chi connectivity index (χ1n) is 5.54. The van der Waals surface area contributed by atoms with E-state index in [1.165, 1.54) is 26.4 Å². The minimum atomic E-state index is -0.0822. The minimum absolute atomic E-state index is 0.0321. The zero-order valence-corrected chi connectivity index (χ0v) is 9.45. The molecule has 1 fully saturated rings. The summed E-state index contributed by atoms with van der Waals surface area (Å²) in [6.45, 7) is 5.28. The molecular weight excluding hydrogens is 178 g/mol. The molecule has 0 unspecified atom stereocenters. The molecule has 3 heteroatoms. The third-order valence-corrected chi connectivity index (χ3v) is 3.11. The van der Waals surface area contributed by atoms with Crippen molar-refractivity contribution < 1.29 is 9.53 Å². The zero-order valence-electron chi connectivity index (χ0n) is 9.45. The topological polar surface area (TPSA) is 29.5 Å². The highest BCUT2D eigenvalue weighted by atomic mass is 16.5. The normalized spacial score (nSPS) is 25.8. The first kappa shape index (κ1) is 11.5.